The predicted molar refractivity (Wildman–Crippen MR) is 78.6 cm³/mol. The van der Waals surface area contributed by atoms with E-state index in [0.717, 1.165) is 26.2 Å². The van der Waals surface area contributed by atoms with Crippen molar-refractivity contribution in [3.63, 3.8) is 0 Å². The van der Waals surface area contributed by atoms with Gasteiger partial charge in [0, 0.05) is 52.4 Å². The van der Waals surface area contributed by atoms with Crippen LogP contribution in [0.3, 0.4) is 0 Å². The van der Waals surface area contributed by atoms with Gasteiger partial charge in [-0.15, -0.1) is 0 Å². The van der Waals surface area contributed by atoms with E-state index in [1.54, 1.807) is 7.05 Å². The highest BCUT2D eigenvalue weighted by Crippen LogP contribution is 2.18. The van der Waals surface area contributed by atoms with Crippen LogP contribution in [0.1, 0.15) is 13.3 Å². The Hall–Kier alpha value is -1.02. The van der Waals surface area contributed by atoms with Crippen LogP contribution in [0.15, 0.2) is 4.99 Å². The quantitative estimate of drug-likeness (QED) is 0.581. The fourth-order valence-electron chi connectivity index (χ4n) is 2.18. The number of piperazine rings is 1. The van der Waals surface area contributed by atoms with Crippen molar-refractivity contribution in [2.75, 3.05) is 53.4 Å². The lowest BCUT2D eigenvalue weighted by Crippen LogP contribution is -2.52. The second-order valence-electron chi connectivity index (χ2n) is 5.43. The SMILES string of the molecule is CN=C(NCCC(F)(F)F)NCC(C)N1CCN(C)CC1. The second kappa shape index (κ2) is 8.43. The molecule has 1 fully saturated rings. The van der Waals surface area contributed by atoms with Gasteiger partial charge in [-0.05, 0) is 14.0 Å². The molecule has 2 N–H and O–H groups in total. The van der Waals surface area contributed by atoms with E-state index >= 15 is 0 Å². The molecule has 21 heavy (non-hydrogen) atoms. The molecule has 1 unspecified atom stereocenters. The van der Waals surface area contributed by atoms with Gasteiger partial charge in [0.05, 0.1) is 6.42 Å². The maximum Gasteiger partial charge on any atom is 0.390 e. The third kappa shape index (κ3) is 7.52. The van der Waals surface area contributed by atoms with Crippen LogP contribution in [0, 0.1) is 0 Å². The van der Waals surface area contributed by atoms with Crippen molar-refractivity contribution >= 4 is 5.96 Å². The summed E-state index contributed by atoms with van der Waals surface area (Å²) in [6.45, 7) is 6.73. The zero-order valence-electron chi connectivity index (χ0n) is 13.0. The third-order valence-corrected chi connectivity index (χ3v) is 3.65. The summed E-state index contributed by atoms with van der Waals surface area (Å²) < 4.78 is 36.3. The van der Waals surface area contributed by atoms with Crippen molar-refractivity contribution < 1.29 is 13.2 Å². The number of hydrogen-bond acceptors (Lipinski definition) is 3. The first-order chi connectivity index (χ1) is 9.81. The molecule has 0 aromatic heterocycles. The molecule has 1 aliphatic heterocycles. The molecule has 1 atom stereocenters. The Labute approximate surface area is 124 Å². The summed E-state index contributed by atoms with van der Waals surface area (Å²) in [5.74, 6) is 0.417. The lowest BCUT2D eigenvalue weighted by molar-refractivity contribution is -0.132. The molecule has 5 nitrogen and oxygen atoms in total. The lowest BCUT2D eigenvalue weighted by Gasteiger charge is -2.36. The van der Waals surface area contributed by atoms with E-state index in [0.29, 0.717) is 18.5 Å². The van der Waals surface area contributed by atoms with Gasteiger partial charge in [0.2, 0.25) is 0 Å². The van der Waals surface area contributed by atoms with Crippen molar-refractivity contribution in [3.8, 4) is 0 Å². The van der Waals surface area contributed by atoms with Gasteiger partial charge in [-0.2, -0.15) is 13.2 Å². The van der Waals surface area contributed by atoms with Crippen LogP contribution in [0.4, 0.5) is 13.2 Å². The van der Waals surface area contributed by atoms with Gasteiger partial charge in [-0.3, -0.25) is 9.89 Å². The molecule has 124 valence electrons. The Morgan fingerprint density at radius 1 is 1.19 bits per heavy atom. The first-order valence-corrected chi connectivity index (χ1v) is 7.25. The van der Waals surface area contributed by atoms with E-state index in [9.17, 15) is 13.2 Å². The molecule has 0 amide bonds. The largest absolute Gasteiger partial charge is 0.390 e. The Kier molecular flexibility index (Phi) is 7.24. The van der Waals surface area contributed by atoms with Crippen molar-refractivity contribution in [1.29, 1.82) is 0 Å². The summed E-state index contributed by atoms with van der Waals surface area (Å²) in [6, 6.07) is 0.319. The van der Waals surface area contributed by atoms with E-state index in [-0.39, 0.29) is 6.54 Å². The number of aliphatic imine (C=N–C) groups is 1. The van der Waals surface area contributed by atoms with Crippen molar-refractivity contribution in [3.05, 3.63) is 0 Å². The minimum absolute atomic E-state index is 0.161. The number of rotatable bonds is 5. The molecule has 0 aromatic rings. The number of hydrogen-bond donors (Lipinski definition) is 2. The topological polar surface area (TPSA) is 42.9 Å². The standard InChI is InChI=1S/C13H26F3N5/c1-11(21-8-6-20(3)7-9-21)10-19-12(17-2)18-5-4-13(14,15)16/h11H,4-10H2,1-3H3,(H2,17,18,19). The molecular formula is C13H26F3N5. The zero-order chi connectivity index (χ0) is 15.9. The van der Waals surface area contributed by atoms with Crippen LogP contribution < -0.4 is 10.6 Å². The van der Waals surface area contributed by atoms with Crippen LogP contribution in [0.2, 0.25) is 0 Å². The van der Waals surface area contributed by atoms with Crippen LogP contribution >= 0.6 is 0 Å². The van der Waals surface area contributed by atoms with E-state index in [2.05, 4.69) is 39.4 Å². The Balaban J connectivity index is 2.25. The first kappa shape index (κ1) is 18.0. The van der Waals surface area contributed by atoms with Gasteiger partial charge >= 0.3 is 6.18 Å². The van der Waals surface area contributed by atoms with Gasteiger partial charge in [-0.1, -0.05) is 0 Å². The molecule has 0 spiro atoms. The number of nitrogens with one attached hydrogen (secondary N) is 2. The second-order valence-corrected chi connectivity index (χ2v) is 5.43. The van der Waals surface area contributed by atoms with Crippen LogP contribution in [-0.2, 0) is 0 Å². The summed E-state index contributed by atoms with van der Waals surface area (Å²) >= 11 is 0. The Morgan fingerprint density at radius 3 is 2.33 bits per heavy atom. The number of alkyl halides is 3. The monoisotopic (exact) mass is 309 g/mol. The Morgan fingerprint density at radius 2 is 1.81 bits per heavy atom. The maximum atomic E-state index is 12.1. The molecule has 8 heteroatoms. The van der Waals surface area contributed by atoms with Crippen LogP contribution in [0.5, 0.6) is 0 Å². The predicted octanol–water partition coefficient (Wildman–Crippen LogP) is 0.740. The molecule has 0 saturated carbocycles. The van der Waals surface area contributed by atoms with Crippen molar-refractivity contribution in [2.24, 2.45) is 4.99 Å². The molecular weight excluding hydrogens is 283 g/mol. The van der Waals surface area contributed by atoms with Gasteiger partial charge < -0.3 is 15.5 Å². The number of halogens is 3. The van der Waals surface area contributed by atoms with E-state index in [4.69, 9.17) is 0 Å². The minimum atomic E-state index is -4.14. The molecule has 0 aromatic carbocycles. The number of guanidine groups is 1. The molecule has 0 aliphatic carbocycles. The summed E-state index contributed by atoms with van der Waals surface area (Å²) in [5, 5.41) is 5.76. The van der Waals surface area contributed by atoms with Gasteiger partial charge in [0.25, 0.3) is 0 Å². The van der Waals surface area contributed by atoms with E-state index in [1.807, 2.05) is 0 Å². The van der Waals surface area contributed by atoms with Gasteiger partial charge in [-0.25, -0.2) is 0 Å². The first-order valence-electron chi connectivity index (χ1n) is 7.25. The molecule has 0 radical (unpaired) electrons. The highest BCUT2D eigenvalue weighted by atomic mass is 19.4. The average Bonchev–Trinajstić information content (AvgIpc) is 2.41. The molecule has 1 aliphatic rings. The number of nitrogens with zero attached hydrogens (tertiary/aromatic N) is 3. The summed E-state index contributed by atoms with van der Waals surface area (Å²) in [4.78, 5) is 8.59. The molecule has 1 heterocycles. The maximum absolute atomic E-state index is 12.1. The molecule has 0 bridgehead atoms. The lowest BCUT2D eigenvalue weighted by atomic mass is 10.2. The summed E-state index contributed by atoms with van der Waals surface area (Å²) in [5.41, 5.74) is 0. The van der Waals surface area contributed by atoms with Crippen LogP contribution in [0.25, 0.3) is 0 Å². The normalized spacial score (nSPS) is 20.4. The molecule has 1 saturated heterocycles. The summed E-state index contributed by atoms with van der Waals surface area (Å²) in [6.07, 6.45) is -5.00. The highest BCUT2D eigenvalue weighted by Gasteiger charge is 2.26. The van der Waals surface area contributed by atoms with E-state index < -0.39 is 12.6 Å². The fraction of sp³-hybridized carbons (Fsp3) is 0.923. The van der Waals surface area contributed by atoms with Crippen molar-refractivity contribution in [2.45, 2.75) is 25.6 Å². The highest BCUT2D eigenvalue weighted by molar-refractivity contribution is 5.79. The van der Waals surface area contributed by atoms with Gasteiger partial charge in [0.1, 0.15) is 0 Å². The molecule has 1 rings (SSSR count). The number of likely N-dealkylation sites (N-methyl/N-ethyl adjacent to an activating group) is 1. The third-order valence-electron chi connectivity index (χ3n) is 3.65. The smallest absolute Gasteiger partial charge is 0.356 e. The summed E-state index contributed by atoms with van der Waals surface area (Å²) in [7, 11) is 3.66. The van der Waals surface area contributed by atoms with Crippen LogP contribution in [-0.4, -0.2) is 81.3 Å². The zero-order valence-corrected chi connectivity index (χ0v) is 13.0. The average molecular weight is 309 g/mol. The van der Waals surface area contributed by atoms with Crippen molar-refractivity contribution in [1.82, 2.24) is 20.4 Å². The minimum Gasteiger partial charge on any atom is -0.356 e. The van der Waals surface area contributed by atoms with E-state index in [1.165, 1.54) is 0 Å². The fourth-order valence-corrected chi connectivity index (χ4v) is 2.18. The van der Waals surface area contributed by atoms with Gasteiger partial charge in [0.15, 0.2) is 5.96 Å². The Bertz CT molecular complexity index is 324.